The predicted octanol–water partition coefficient (Wildman–Crippen LogP) is 1.40. The summed E-state index contributed by atoms with van der Waals surface area (Å²) >= 11 is 6.11. The Labute approximate surface area is 110 Å². The van der Waals surface area contributed by atoms with Gasteiger partial charge in [0.1, 0.15) is 0 Å². The zero-order chi connectivity index (χ0) is 13.1. The lowest BCUT2D eigenvalue weighted by Crippen LogP contribution is -2.32. The molecule has 5 nitrogen and oxygen atoms in total. The van der Waals surface area contributed by atoms with E-state index in [1.807, 2.05) is 6.07 Å². The molecule has 0 radical (unpaired) electrons. The molecule has 0 aromatic heterocycles. The molecule has 4 N–H and O–H groups in total. The fourth-order valence-electron chi connectivity index (χ4n) is 2.31. The van der Waals surface area contributed by atoms with Crippen LogP contribution in [0.15, 0.2) is 23.4 Å². The Morgan fingerprint density at radius 2 is 2.33 bits per heavy atom. The molecule has 1 saturated heterocycles. The number of halogens is 1. The van der Waals surface area contributed by atoms with E-state index < -0.39 is 0 Å². The van der Waals surface area contributed by atoms with Crippen molar-refractivity contribution >= 4 is 23.1 Å². The van der Waals surface area contributed by atoms with Crippen LogP contribution in [0, 0.1) is 0 Å². The lowest BCUT2D eigenvalue weighted by Gasteiger charge is -2.25. The van der Waals surface area contributed by atoms with E-state index in [9.17, 15) is 5.11 Å². The topological polar surface area (TPSA) is 82.1 Å². The normalized spacial score (nSPS) is 20.4. The minimum absolute atomic E-state index is 0.00770. The number of amidine groups is 1. The second kappa shape index (κ2) is 5.46. The summed E-state index contributed by atoms with van der Waals surface area (Å²) in [5.74, 6) is -0.00770. The fraction of sp³-hybridized carbons (Fsp3) is 0.417. The van der Waals surface area contributed by atoms with Crippen molar-refractivity contribution < 1.29 is 10.3 Å². The van der Waals surface area contributed by atoms with Gasteiger partial charge in [0.05, 0.1) is 17.7 Å². The van der Waals surface area contributed by atoms with Gasteiger partial charge in [-0.1, -0.05) is 16.8 Å². The van der Waals surface area contributed by atoms with Crippen LogP contribution in [0.25, 0.3) is 0 Å². The number of benzene rings is 1. The van der Waals surface area contributed by atoms with Gasteiger partial charge in [0, 0.05) is 17.8 Å². The number of nitrogens with zero attached hydrogens (tertiary/aromatic N) is 2. The Kier molecular flexibility index (Phi) is 3.93. The molecule has 1 fully saturated rings. The molecule has 0 bridgehead atoms. The van der Waals surface area contributed by atoms with Gasteiger partial charge in [-0.15, -0.1) is 0 Å². The van der Waals surface area contributed by atoms with Crippen molar-refractivity contribution in [3.63, 3.8) is 0 Å². The van der Waals surface area contributed by atoms with Crippen LogP contribution in [0.3, 0.4) is 0 Å². The van der Waals surface area contributed by atoms with E-state index in [1.54, 1.807) is 12.1 Å². The van der Waals surface area contributed by atoms with Crippen molar-refractivity contribution in [2.45, 2.75) is 18.9 Å². The molecular weight excluding hydrogens is 254 g/mol. The molecule has 1 aliphatic rings. The standard InChI is InChI=1S/C12H16ClN3O2/c13-11-6-8(3-4-10(11)12(14)15-18)16-5-1-2-9(16)7-17/h3-4,6,9,17-18H,1-2,5,7H2,(H2,14,15). The van der Waals surface area contributed by atoms with Crippen molar-refractivity contribution in [2.24, 2.45) is 10.9 Å². The maximum Gasteiger partial charge on any atom is 0.171 e. The average molecular weight is 270 g/mol. The highest BCUT2D eigenvalue weighted by Crippen LogP contribution is 2.29. The third-order valence-electron chi connectivity index (χ3n) is 3.26. The molecule has 0 amide bonds. The highest BCUT2D eigenvalue weighted by Gasteiger charge is 2.24. The van der Waals surface area contributed by atoms with Gasteiger partial charge in [-0.3, -0.25) is 0 Å². The summed E-state index contributed by atoms with van der Waals surface area (Å²) in [7, 11) is 0. The Morgan fingerprint density at radius 3 is 2.94 bits per heavy atom. The van der Waals surface area contributed by atoms with Crippen LogP contribution < -0.4 is 10.6 Å². The zero-order valence-corrected chi connectivity index (χ0v) is 10.6. The zero-order valence-electron chi connectivity index (χ0n) is 9.88. The van der Waals surface area contributed by atoms with Crippen LogP contribution in [0.4, 0.5) is 5.69 Å². The van der Waals surface area contributed by atoms with Gasteiger partial charge in [-0.2, -0.15) is 0 Å². The minimum Gasteiger partial charge on any atom is -0.409 e. The molecule has 0 aliphatic carbocycles. The molecular formula is C12H16ClN3O2. The molecule has 98 valence electrons. The third-order valence-corrected chi connectivity index (χ3v) is 3.57. The van der Waals surface area contributed by atoms with Crippen molar-refractivity contribution in [2.75, 3.05) is 18.1 Å². The van der Waals surface area contributed by atoms with Gasteiger partial charge in [0.15, 0.2) is 5.84 Å². The van der Waals surface area contributed by atoms with Crippen molar-refractivity contribution in [3.8, 4) is 0 Å². The number of nitrogens with two attached hydrogens (primary N) is 1. The van der Waals surface area contributed by atoms with Gasteiger partial charge >= 0.3 is 0 Å². The van der Waals surface area contributed by atoms with E-state index in [4.69, 9.17) is 22.5 Å². The molecule has 1 atom stereocenters. The Hall–Kier alpha value is -1.46. The second-order valence-electron chi connectivity index (χ2n) is 4.32. The maximum absolute atomic E-state index is 9.30. The van der Waals surface area contributed by atoms with Gasteiger partial charge in [0.25, 0.3) is 0 Å². The first-order valence-electron chi connectivity index (χ1n) is 5.82. The van der Waals surface area contributed by atoms with Crippen LogP contribution in [0.5, 0.6) is 0 Å². The number of aliphatic hydroxyl groups excluding tert-OH is 1. The number of oxime groups is 1. The van der Waals surface area contributed by atoms with Crippen molar-refractivity contribution in [1.29, 1.82) is 0 Å². The van der Waals surface area contributed by atoms with Crippen molar-refractivity contribution in [1.82, 2.24) is 0 Å². The van der Waals surface area contributed by atoms with Crippen LogP contribution in [-0.2, 0) is 0 Å². The number of aliphatic hydroxyl groups is 1. The molecule has 1 aromatic rings. The summed E-state index contributed by atoms with van der Waals surface area (Å²) in [6.07, 6.45) is 2.04. The summed E-state index contributed by atoms with van der Waals surface area (Å²) in [5, 5.41) is 21.3. The lowest BCUT2D eigenvalue weighted by molar-refractivity contribution is 0.266. The summed E-state index contributed by atoms with van der Waals surface area (Å²) in [5.41, 5.74) is 6.97. The van der Waals surface area contributed by atoms with E-state index in [-0.39, 0.29) is 18.5 Å². The summed E-state index contributed by atoms with van der Waals surface area (Å²) in [4.78, 5) is 2.13. The average Bonchev–Trinajstić information content (AvgIpc) is 2.86. The highest BCUT2D eigenvalue weighted by molar-refractivity contribution is 6.34. The molecule has 18 heavy (non-hydrogen) atoms. The smallest absolute Gasteiger partial charge is 0.171 e. The molecule has 1 aromatic carbocycles. The first-order valence-corrected chi connectivity index (χ1v) is 6.20. The lowest BCUT2D eigenvalue weighted by atomic mass is 10.1. The largest absolute Gasteiger partial charge is 0.409 e. The summed E-state index contributed by atoms with van der Waals surface area (Å²) in [6, 6.07) is 5.52. The second-order valence-corrected chi connectivity index (χ2v) is 4.73. The molecule has 6 heteroatoms. The molecule has 1 aliphatic heterocycles. The SMILES string of the molecule is NC(=NO)c1ccc(N2CCCC2CO)cc1Cl. The monoisotopic (exact) mass is 269 g/mol. The van der Waals surface area contributed by atoms with Crippen LogP contribution >= 0.6 is 11.6 Å². The van der Waals surface area contributed by atoms with Crippen LogP contribution in [-0.4, -0.2) is 35.3 Å². The summed E-state index contributed by atoms with van der Waals surface area (Å²) < 4.78 is 0. The Bertz CT molecular complexity index is 465. The van der Waals surface area contributed by atoms with Crippen LogP contribution in [0.1, 0.15) is 18.4 Å². The predicted molar refractivity (Wildman–Crippen MR) is 71.4 cm³/mol. The third kappa shape index (κ3) is 2.37. The number of anilines is 1. The van der Waals surface area contributed by atoms with Crippen molar-refractivity contribution in [3.05, 3.63) is 28.8 Å². The molecule has 0 spiro atoms. The number of rotatable bonds is 3. The van der Waals surface area contributed by atoms with E-state index >= 15 is 0 Å². The molecule has 0 saturated carbocycles. The minimum atomic E-state index is -0.00770. The maximum atomic E-state index is 9.30. The van der Waals surface area contributed by atoms with E-state index in [0.717, 1.165) is 25.1 Å². The van der Waals surface area contributed by atoms with E-state index in [2.05, 4.69) is 10.1 Å². The molecule has 2 rings (SSSR count). The first-order chi connectivity index (χ1) is 8.67. The highest BCUT2D eigenvalue weighted by atomic mass is 35.5. The van der Waals surface area contributed by atoms with E-state index in [1.165, 1.54) is 0 Å². The summed E-state index contributed by atoms with van der Waals surface area (Å²) in [6.45, 7) is 1.05. The van der Waals surface area contributed by atoms with Crippen LogP contribution in [0.2, 0.25) is 5.02 Å². The Balaban J connectivity index is 2.29. The van der Waals surface area contributed by atoms with E-state index in [0.29, 0.717) is 10.6 Å². The number of hydrogen-bond donors (Lipinski definition) is 3. The Morgan fingerprint density at radius 1 is 1.56 bits per heavy atom. The molecule has 1 heterocycles. The number of hydrogen-bond acceptors (Lipinski definition) is 4. The van der Waals surface area contributed by atoms with Gasteiger partial charge in [-0.25, -0.2) is 0 Å². The van der Waals surface area contributed by atoms with Gasteiger partial charge < -0.3 is 20.9 Å². The first kappa shape index (κ1) is 13.0. The van der Waals surface area contributed by atoms with Gasteiger partial charge in [-0.05, 0) is 31.0 Å². The quantitative estimate of drug-likeness (QED) is 0.335. The fourth-order valence-corrected chi connectivity index (χ4v) is 2.58. The van der Waals surface area contributed by atoms with Gasteiger partial charge in [0.2, 0.25) is 0 Å². The molecule has 1 unspecified atom stereocenters.